The van der Waals surface area contributed by atoms with E-state index in [1.165, 1.54) is 6.92 Å². The molecule has 2 atom stereocenters. The van der Waals surface area contributed by atoms with Gasteiger partial charge in [-0.25, -0.2) is 9.59 Å². The molecule has 7 heteroatoms. The summed E-state index contributed by atoms with van der Waals surface area (Å²) in [6.45, 7) is 7.50. The van der Waals surface area contributed by atoms with Crippen LogP contribution in [0.5, 0.6) is 0 Å². The van der Waals surface area contributed by atoms with E-state index >= 15 is 0 Å². The Hall–Kier alpha value is -0.920. The van der Waals surface area contributed by atoms with Crippen LogP contribution in [0.15, 0.2) is 36.0 Å². The van der Waals surface area contributed by atoms with Gasteiger partial charge in [-0.15, -0.1) is 6.58 Å². The molecule has 22 heavy (non-hydrogen) atoms. The van der Waals surface area contributed by atoms with Crippen molar-refractivity contribution in [3.05, 3.63) is 36.0 Å². The van der Waals surface area contributed by atoms with Gasteiger partial charge in [-0.2, -0.15) is 0 Å². The molecule has 0 aliphatic rings. The fourth-order valence-corrected chi connectivity index (χ4v) is 2.03. The molecule has 2 unspecified atom stereocenters. The van der Waals surface area contributed by atoms with Gasteiger partial charge < -0.3 is 14.6 Å². The van der Waals surface area contributed by atoms with E-state index in [0.717, 1.165) is 0 Å². The molecule has 0 saturated carbocycles. The van der Waals surface area contributed by atoms with Gasteiger partial charge >= 0.3 is 11.9 Å². The van der Waals surface area contributed by atoms with E-state index in [2.05, 4.69) is 38.4 Å². The van der Waals surface area contributed by atoms with Crippen LogP contribution in [0.3, 0.4) is 0 Å². The highest BCUT2D eigenvalue weighted by molar-refractivity contribution is 9.12. The highest BCUT2D eigenvalue weighted by Gasteiger charge is 2.18. The van der Waals surface area contributed by atoms with E-state index in [-0.39, 0.29) is 21.8 Å². The number of hydrogen-bond acceptors (Lipinski definition) is 4. The summed E-state index contributed by atoms with van der Waals surface area (Å²) in [5.74, 6) is -1.43. The van der Waals surface area contributed by atoms with Crippen molar-refractivity contribution in [3.8, 4) is 0 Å². The molecule has 124 valence electrons. The predicted octanol–water partition coefficient (Wildman–Crippen LogP) is 3.24. The van der Waals surface area contributed by atoms with Crippen molar-refractivity contribution >= 4 is 43.8 Å². The van der Waals surface area contributed by atoms with Crippen LogP contribution < -0.4 is 0 Å². The van der Waals surface area contributed by atoms with Crippen LogP contribution in [-0.2, 0) is 19.1 Å². The van der Waals surface area contributed by atoms with Crippen molar-refractivity contribution in [1.29, 1.82) is 0 Å². The molecule has 0 saturated heterocycles. The second kappa shape index (κ2) is 11.6. The van der Waals surface area contributed by atoms with Crippen molar-refractivity contribution in [2.45, 2.75) is 23.5 Å². The van der Waals surface area contributed by atoms with Gasteiger partial charge in [0.1, 0.15) is 6.61 Å². The number of carbonyl (C=O) groups is 2. The second-order valence-electron chi connectivity index (χ2n) is 4.43. The molecule has 0 heterocycles. The number of carboxylic acid groups (broad SMARTS) is 1. The molecule has 0 bridgehead atoms. The predicted molar refractivity (Wildman–Crippen MR) is 92.6 cm³/mol. The summed E-state index contributed by atoms with van der Waals surface area (Å²) >= 11 is 6.69. The lowest BCUT2D eigenvalue weighted by molar-refractivity contribution is -0.139. The molecule has 5 nitrogen and oxygen atoms in total. The first kappa shape index (κ1) is 21.1. The van der Waals surface area contributed by atoms with E-state index < -0.39 is 11.9 Å². The van der Waals surface area contributed by atoms with Gasteiger partial charge in [-0.1, -0.05) is 44.0 Å². The molecule has 0 aliphatic heterocycles. The topological polar surface area (TPSA) is 72.8 Å². The van der Waals surface area contributed by atoms with Crippen LogP contribution in [0.25, 0.3) is 0 Å². The number of aliphatic carboxylic acids is 1. The maximum atomic E-state index is 11.8. The molecule has 0 aromatic heterocycles. The Morgan fingerprint density at radius 1 is 1.23 bits per heavy atom. The first-order valence-corrected chi connectivity index (χ1v) is 8.35. The molecular formula is C15H20Br2O5. The van der Waals surface area contributed by atoms with E-state index in [1.54, 1.807) is 25.2 Å². The second-order valence-corrected chi connectivity index (χ2v) is 6.66. The summed E-state index contributed by atoms with van der Waals surface area (Å²) in [4.78, 5) is 22.0. The van der Waals surface area contributed by atoms with E-state index in [1.807, 2.05) is 0 Å². The number of allylic oxidation sites excluding steroid dienone is 1. The lowest BCUT2D eigenvalue weighted by atomic mass is 10.2. The summed E-state index contributed by atoms with van der Waals surface area (Å²) in [6, 6.07) is 0. The first-order valence-electron chi connectivity index (χ1n) is 6.52. The zero-order chi connectivity index (χ0) is 17.1. The van der Waals surface area contributed by atoms with Crippen LogP contribution in [0, 0.1) is 0 Å². The third kappa shape index (κ3) is 9.17. The van der Waals surface area contributed by atoms with Crippen LogP contribution in [0.4, 0.5) is 0 Å². The minimum Gasteiger partial charge on any atom is -0.478 e. The molecular weight excluding hydrogens is 420 g/mol. The Labute approximate surface area is 147 Å². The molecule has 0 radical (unpaired) electrons. The van der Waals surface area contributed by atoms with Gasteiger partial charge in [0.2, 0.25) is 0 Å². The number of alkyl halides is 2. The number of carbonyl (C=O) groups excluding carboxylic acids is 1. The molecule has 0 rings (SSSR count). The maximum Gasteiger partial charge on any atom is 0.333 e. The first-order chi connectivity index (χ1) is 10.3. The molecule has 0 fully saturated rings. The Balaban J connectivity index is 4.30. The Bertz CT molecular complexity index is 457. The van der Waals surface area contributed by atoms with Gasteiger partial charge in [0, 0.05) is 16.0 Å². The number of halogens is 2. The lowest BCUT2D eigenvalue weighted by Crippen LogP contribution is -2.22. The third-order valence-corrected chi connectivity index (χ3v) is 4.98. The van der Waals surface area contributed by atoms with Crippen molar-refractivity contribution in [2.24, 2.45) is 0 Å². The molecule has 1 N–H and O–H groups in total. The van der Waals surface area contributed by atoms with Crippen molar-refractivity contribution in [1.82, 2.24) is 0 Å². The number of rotatable bonds is 10. The summed E-state index contributed by atoms with van der Waals surface area (Å²) in [6.07, 6.45) is 4.80. The van der Waals surface area contributed by atoms with Crippen LogP contribution in [0.2, 0.25) is 0 Å². The van der Waals surface area contributed by atoms with Crippen LogP contribution >= 0.6 is 31.9 Å². The highest BCUT2D eigenvalue weighted by Crippen LogP contribution is 2.18. The number of carboxylic acids is 1. The van der Waals surface area contributed by atoms with Crippen LogP contribution in [-0.4, -0.2) is 46.5 Å². The number of ether oxygens (including phenoxy) is 2. The molecule has 0 aliphatic carbocycles. The average molecular weight is 440 g/mol. The van der Waals surface area contributed by atoms with Crippen molar-refractivity contribution in [2.75, 3.05) is 19.8 Å². The summed E-state index contributed by atoms with van der Waals surface area (Å²) in [7, 11) is 0. The van der Waals surface area contributed by atoms with Crippen LogP contribution in [0.1, 0.15) is 13.8 Å². The van der Waals surface area contributed by atoms with Gasteiger partial charge in [-0.3, -0.25) is 0 Å². The van der Waals surface area contributed by atoms with Gasteiger partial charge in [0.25, 0.3) is 0 Å². The summed E-state index contributed by atoms with van der Waals surface area (Å²) in [5.41, 5.74) is 0.667. The third-order valence-electron chi connectivity index (χ3n) is 2.53. The normalized spacial score (nSPS) is 15.1. The number of esters is 1. The quantitative estimate of drug-likeness (QED) is 0.186. The number of hydrogen-bond donors (Lipinski definition) is 1. The average Bonchev–Trinajstić information content (AvgIpc) is 2.48. The Morgan fingerprint density at radius 3 is 2.41 bits per heavy atom. The monoisotopic (exact) mass is 438 g/mol. The molecule has 0 amide bonds. The van der Waals surface area contributed by atoms with E-state index in [4.69, 9.17) is 14.6 Å². The standard InChI is InChI=1S/C15H20Br2O5/c1-4-6-21-7-5-10(2)15(20)22-9-13(17)12(16)8-11(3)14(18)19/h4-5,8,12-13H,1,6-7,9H2,2-3H3,(H,18,19). The van der Waals surface area contributed by atoms with Crippen molar-refractivity contribution in [3.63, 3.8) is 0 Å². The molecule has 0 aromatic carbocycles. The lowest BCUT2D eigenvalue weighted by Gasteiger charge is -2.14. The fraction of sp³-hybridized carbons (Fsp3) is 0.467. The Morgan fingerprint density at radius 2 is 1.86 bits per heavy atom. The van der Waals surface area contributed by atoms with E-state index in [9.17, 15) is 9.59 Å². The van der Waals surface area contributed by atoms with Gasteiger partial charge in [0.15, 0.2) is 0 Å². The highest BCUT2D eigenvalue weighted by atomic mass is 79.9. The van der Waals surface area contributed by atoms with E-state index in [0.29, 0.717) is 18.8 Å². The summed E-state index contributed by atoms with van der Waals surface area (Å²) in [5, 5.41) is 8.81. The minimum absolute atomic E-state index is 0.108. The van der Waals surface area contributed by atoms with Gasteiger partial charge in [0.05, 0.1) is 18.0 Å². The fourth-order valence-electron chi connectivity index (χ4n) is 1.19. The maximum absolute atomic E-state index is 11.8. The van der Waals surface area contributed by atoms with Crippen molar-refractivity contribution < 1.29 is 24.2 Å². The Kier molecular flexibility index (Phi) is 11.1. The zero-order valence-corrected chi connectivity index (χ0v) is 15.7. The minimum atomic E-state index is -0.987. The molecule has 0 aromatic rings. The zero-order valence-electron chi connectivity index (χ0n) is 12.6. The smallest absolute Gasteiger partial charge is 0.333 e. The summed E-state index contributed by atoms with van der Waals surface area (Å²) < 4.78 is 10.3. The SMILES string of the molecule is C=CCOCC=C(C)C(=O)OCC(Br)C(Br)C=C(C)C(=O)O. The largest absolute Gasteiger partial charge is 0.478 e. The van der Waals surface area contributed by atoms with Gasteiger partial charge in [-0.05, 0) is 19.9 Å². The molecule has 0 spiro atoms.